The quantitative estimate of drug-likeness (QED) is 0.266. The van der Waals surface area contributed by atoms with Gasteiger partial charge in [0.25, 0.3) is 0 Å². The molecule has 0 radical (unpaired) electrons. The van der Waals surface area contributed by atoms with Crippen molar-refractivity contribution in [2.75, 3.05) is 10.0 Å². The summed E-state index contributed by atoms with van der Waals surface area (Å²) in [6.45, 7) is 3.70. The largest absolute Gasteiger partial charge is 0.292 e. The molecule has 2 heterocycles. The number of benzene rings is 4. The van der Waals surface area contributed by atoms with Crippen LogP contribution in [0.15, 0.2) is 113 Å². The highest BCUT2D eigenvalue weighted by molar-refractivity contribution is 8.17. The summed E-state index contributed by atoms with van der Waals surface area (Å²) in [5.74, 6) is -0.0961. The number of hydrogen-bond donors (Lipinski definition) is 0. The molecule has 4 aromatic carbocycles. The fourth-order valence-electron chi connectivity index (χ4n) is 4.84. The zero-order valence-corrected chi connectivity index (χ0v) is 22.6. The molecule has 7 heteroatoms. The Bertz CT molecular complexity index is 1570. The van der Waals surface area contributed by atoms with E-state index in [1.54, 1.807) is 6.92 Å². The van der Waals surface area contributed by atoms with E-state index in [0.29, 0.717) is 10.1 Å². The van der Waals surface area contributed by atoms with Gasteiger partial charge in [0.05, 0.1) is 17.1 Å². The van der Waals surface area contributed by atoms with E-state index in [1.807, 2.05) is 76.7 Å². The molecule has 2 aliphatic heterocycles. The van der Waals surface area contributed by atoms with Crippen LogP contribution in [0.5, 0.6) is 0 Å². The van der Waals surface area contributed by atoms with Crippen LogP contribution in [0.4, 0.5) is 11.4 Å². The standard InChI is InChI=1S/C31H25ClN4OS/c1-3-22-13-15-23(16-14-22)29-27-11-7-8-12-28(27)31(35(33-29)25-9-5-4-6-10-25)36(34-30(38-31)21(2)37)26-19-17-24(32)18-20-26/h4-20H,3H2,1-2H3/t31-/m1/s1. The van der Waals surface area contributed by atoms with Gasteiger partial charge in [0.15, 0.2) is 10.8 Å². The number of fused-ring (bicyclic) bond motifs is 2. The molecule has 5 nitrogen and oxygen atoms in total. The van der Waals surface area contributed by atoms with Gasteiger partial charge in [-0.05, 0) is 60.1 Å². The highest BCUT2D eigenvalue weighted by atomic mass is 35.5. The number of hydrogen-bond acceptors (Lipinski definition) is 6. The lowest BCUT2D eigenvalue weighted by Gasteiger charge is -2.47. The number of ketones is 1. The van der Waals surface area contributed by atoms with Gasteiger partial charge in [-0.15, -0.1) is 0 Å². The number of nitrogens with zero attached hydrogens (tertiary/aromatic N) is 4. The van der Waals surface area contributed by atoms with Gasteiger partial charge in [0.1, 0.15) is 0 Å². The number of Topliss-reactive ketones (excluding diaryl/α,β-unsaturated/α-hetero) is 1. The first-order valence-electron chi connectivity index (χ1n) is 12.5. The average molecular weight is 537 g/mol. The minimum atomic E-state index is -0.973. The molecule has 1 spiro atoms. The molecule has 0 saturated carbocycles. The van der Waals surface area contributed by atoms with Crippen molar-refractivity contribution >= 4 is 51.3 Å². The van der Waals surface area contributed by atoms with Crippen LogP contribution in [0.3, 0.4) is 0 Å². The minimum Gasteiger partial charge on any atom is -0.292 e. The second-order valence-corrected chi connectivity index (χ2v) is 10.7. The maximum absolute atomic E-state index is 12.8. The van der Waals surface area contributed by atoms with Crippen molar-refractivity contribution in [3.63, 3.8) is 0 Å². The van der Waals surface area contributed by atoms with Crippen LogP contribution < -0.4 is 10.0 Å². The predicted molar refractivity (Wildman–Crippen MR) is 158 cm³/mol. The number of anilines is 2. The second-order valence-electron chi connectivity index (χ2n) is 9.15. The smallest absolute Gasteiger partial charge is 0.234 e. The third kappa shape index (κ3) is 4.01. The molecule has 6 rings (SSSR count). The van der Waals surface area contributed by atoms with Crippen molar-refractivity contribution in [2.45, 2.75) is 25.3 Å². The minimum absolute atomic E-state index is 0.0961. The van der Waals surface area contributed by atoms with Crippen molar-refractivity contribution in [2.24, 2.45) is 10.2 Å². The van der Waals surface area contributed by atoms with E-state index >= 15 is 0 Å². The van der Waals surface area contributed by atoms with Gasteiger partial charge in [0, 0.05) is 28.6 Å². The van der Waals surface area contributed by atoms with Crippen LogP contribution in [-0.4, -0.2) is 16.5 Å². The number of hydrazone groups is 2. The molecule has 0 saturated heterocycles. The first-order chi connectivity index (χ1) is 18.5. The van der Waals surface area contributed by atoms with Gasteiger partial charge in [-0.25, -0.2) is 10.0 Å². The van der Waals surface area contributed by atoms with Crippen LogP contribution in [0.2, 0.25) is 5.02 Å². The number of thioether (sulfide) groups is 1. The van der Waals surface area contributed by atoms with E-state index in [2.05, 4.69) is 43.3 Å². The number of halogens is 1. The van der Waals surface area contributed by atoms with Crippen molar-refractivity contribution in [1.29, 1.82) is 0 Å². The molecule has 0 aliphatic carbocycles. The van der Waals surface area contributed by atoms with Crippen molar-refractivity contribution in [3.8, 4) is 0 Å². The van der Waals surface area contributed by atoms with Gasteiger partial charge in [-0.1, -0.05) is 85.3 Å². The molecule has 0 N–H and O–H groups in total. The topological polar surface area (TPSA) is 48.3 Å². The summed E-state index contributed by atoms with van der Waals surface area (Å²) < 4.78 is 0. The third-order valence-electron chi connectivity index (χ3n) is 6.75. The second kappa shape index (κ2) is 9.78. The molecule has 0 bridgehead atoms. The van der Waals surface area contributed by atoms with Crippen LogP contribution in [0.25, 0.3) is 0 Å². The molecule has 1 atom stereocenters. The Balaban J connectivity index is 1.64. The molecule has 188 valence electrons. The summed E-state index contributed by atoms with van der Waals surface area (Å²) in [5.41, 5.74) is 6.85. The Hall–Kier alpha value is -3.87. The van der Waals surface area contributed by atoms with E-state index in [9.17, 15) is 4.79 Å². The zero-order chi connectivity index (χ0) is 26.3. The van der Waals surface area contributed by atoms with E-state index < -0.39 is 4.99 Å². The zero-order valence-electron chi connectivity index (χ0n) is 21.0. The Morgan fingerprint density at radius 3 is 2.13 bits per heavy atom. The lowest BCUT2D eigenvalue weighted by atomic mass is 9.92. The monoisotopic (exact) mass is 536 g/mol. The Labute approximate surface area is 231 Å². The molecule has 0 amide bonds. The summed E-state index contributed by atoms with van der Waals surface area (Å²) in [6, 6.07) is 34.4. The average Bonchev–Trinajstić information content (AvgIpc) is 3.36. The SMILES string of the molecule is CCc1ccc(C2=NN(c3ccccc3)[C@]3(SC(C(C)=O)=NN3c3ccc(Cl)cc3)c3ccccc32)cc1. The van der Waals surface area contributed by atoms with E-state index in [4.69, 9.17) is 21.8 Å². The molecular weight excluding hydrogens is 512 g/mol. The number of carbonyl (C=O) groups excluding carboxylic acids is 1. The van der Waals surface area contributed by atoms with Gasteiger partial charge in [0.2, 0.25) is 4.99 Å². The lowest BCUT2D eigenvalue weighted by molar-refractivity contribution is -0.110. The van der Waals surface area contributed by atoms with Crippen molar-refractivity contribution < 1.29 is 4.79 Å². The maximum atomic E-state index is 12.8. The number of para-hydroxylation sites is 1. The van der Waals surface area contributed by atoms with E-state index in [1.165, 1.54) is 17.3 Å². The van der Waals surface area contributed by atoms with Gasteiger partial charge >= 0.3 is 0 Å². The Kier molecular flexibility index (Phi) is 6.30. The molecule has 2 aliphatic rings. The summed E-state index contributed by atoms with van der Waals surface area (Å²) in [6.07, 6.45) is 0.973. The maximum Gasteiger partial charge on any atom is 0.234 e. The fraction of sp³-hybridized carbons (Fsp3) is 0.129. The molecule has 4 aromatic rings. The first-order valence-corrected chi connectivity index (χ1v) is 13.7. The Morgan fingerprint density at radius 2 is 1.45 bits per heavy atom. The summed E-state index contributed by atoms with van der Waals surface area (Å²) in [7, 11) is 0. The molecule has 0 aromatic heterocycles. The van der Waals surface area contributed by atoms with Gasteiger partial charge in [-0.3, -0.25) is 4.79 Å². The molecule has 0 unspecified atom stereocenters. The van der Waals surface area contributed by atoms with Crippen LogP contribution in [-0.2, 0) is 16.2 Å². The van der Waals surface area contributed by atoms with Crippen LogP contribution >= 0.6 is 23.4 Å². The number of rotatable bonds is 5. The fourth-order valence-corrected chi connectivity index (χ4v) is 6.25. The van der Waals surface area contributed by atoms with Gasteiger partial charge in [-0.2, -0.15) is 10.2 Å². The van der Waals surface area contributed by atoms with E-state index in [0.717, 1.165) is 40.2 Å². The normalized spacial score (nSPS) is 18.3. The summed E-state index contributed by atoms with van der Waals surface area (Å²) in [4.78, 5) is 11.8. The molecule has 0 fully saturated rings. The van der Waals surface area contributed by atoms with Crippen molar-refractivity contribution in [3.05, 3.63) is 130 Å². The molecular formula is C31H25ClN4OS. The predicted octanol–water partition coefficient (Wildman–Crippen LogP) is 7.44. The first kappa shape index (κ1) is 24.5. The van der Waals surface area contributed by atoms with Gasteiger partial charge < -0.3 is 0 Å². The number of carbonyl (C=O) groups is 1. The molecule has 38 heavy (non-hydrogen) atoms. The summed E-state index contributed by atoms with van der Waals surface area (Å²) >= 11 is 7.65. The van der Waals surface area contributed by atoms with Crippen LogP contribution in [0.1, 0.15) is 36.1 Å². The number of aryl methyl sites for hydroxylation is 1. The van der Waals surface area contributed by atoms with Crippen LogP contribution in [0, 0.1) is 0 Å². The van der Waals surface area contributed by atoms with Crippen molar-refractivity contribution in [1.82, 2.24) is 0 Å². The highest BCUT2D eigenvalue weighted by Gasteiger charge is 2.55. The Morgan fingerprint density at radius 1 is 0.816 bits per heavy atom. The summed E-state index contributed by atoms with van der Waals surface area (Å²) in [5, 5.41) is 15.1. The van der Waals surface area contributed by atoms with E-state index in [-0.39, 0.29) is 5.78 Å². The highest BCUT2D eigenvalue weighted by Crippen LogP contribution is 2.55. The lowest BCUT2D eigenvalue weighted by Crippen LogP contribution is -2.54. The third-order valence-corrected chi connectivity index (χ3v) is 8.41.